The lowest BCUT2D eigenvalue weighted by Crippen LogP contribution is -2.32. The van der Waals surface area contributed by atoms with Crippen molar-refractivity contribution in [2.75, 3.05) is 19.6 Å². The van der Waals surface area contributed by atoms with E-state index in [9.17, 15) is 4.79 Å². The summed E-state index contributed by atoms with van der Waals surface area (Å²) in [7, 11) is 0. The van der Waals surface area contributed by atoms with Crippen LogP contribution in [0.3, 0.4) is 0 Å². The summed E-state index contributed by atoms with van der Waals surface area (Å²) in [4.78, 5) is 13.2. The normalized spacial score (nSPS) is 19.3. The number of terminal acetylenes is 1. The van der Waals surface area contributed by atoms with Crippen LogP contribution in [0.4, 0.5) is 0 Å². The van der Waals surface area contributed by atoms with Crippen molar-refractivity contribution in [3.8, 4) is 18.5 Å². The summed E-state index contributed by atoms with van der Waals surface area (Å²) in [5.74, 6) is 2.54. The van der Waals surface area contributed by atoms with Crippen LogP contribution in [0.2, 0.25) is 0 Å². The van der Waals surface area contributed by atoms with Gasteiger partial charge in [-0.2, -0.15) is 5.26 Å². The highest BCUT2D eigenvalue weighted by molar-refractivity contribution is 5.79. The molecule has 0 radical (unpaired) electrons. The first-order chi connectivity index (χ1) is 7.27. The number of nitrogens with zero attached hydrogens (tertiary/aromatic N) is 2. The number of carbonyl (C=O) groups excluding carboxylic acids is 1. The van der Waals surface area contributed by atoms with Crippen molar-refractivity contribution < 1.29 is 4.79 Å². The fourth-order valence-electron chi connectivity index (χ4n) is 1.61. The van der Waals surface area contributed by atoms with E-state index in [4.69, 9.17) is 11.7 Å². The van der Waals surface area contributed by atoms with Crippen molar-refractivity contribution in [1.82, 2.24) is 10.2 Å². The molecule has 1 heterocycles. The van der Waals surface area contributed by atoms with Crippen LogP contribution in [-0.2, 0) is 4.79 Å². The van der Waals surface area contributed by atoms with Gasteiger partial charge in [0.15, 0.2) is 6.19 Å². The summed E-state index contributed by atoms with van der Waals surface area (Å²) < 4.78 is 0. The SMILES string of the molecule is C#CCCCNC(=O)[C@H]1CCN(C#N)C1. The minimum absolute atomic E-state index is 0.0320. The molecular weight excluding hydrogens is 190 g/mol. The molecule has 1 atom stereocenters. The Morgan fingerprint density at radius 3 is 3.07 bits per heavy atom. The maximum atomic E-state index is 11.6. The van der Waals surface area contributed by atoms with Gasteiger partial charge in [-0.1, -0.05) is 0 Å². The van der Waals surface area contributed by atoms with E-state index >= 15 is 0 Å². The van der Waals surface area contributed by atoms with Gasteiger partial charge in [-0.25, -0.2) is 0 Å². The average molecular weight is 205 g/mol. The molecule has 4 heteroatoms. The van der Waals surface area contributed by atoms with Crippen molar-refractivity contribution in [3.63, 3.8) is 0 Å². The van der Waals surface area contributed by atoms with E-state index in [0.29, 0.717) is 26.1 Å². The Kier molecular flexibility index (Phi) is 4.50. The van der Waals surface area contributed by atoms with Gasteiger partial charge in [-0.05, 0) is 12.8 Å². The maximum Gasteiger partial charge on any atom is 0.224 e. The molecule has 4 nitrogen and oxygen atoms in total. The van der Waals surface area contributed by atoms with E-state index < -0.39 is 0 Å². The minimum Gasteiger partial charge on any atom is -0.356 e. The lowest BCUT2D eigenvalue weighted by Gasteiger charge is -2.09. The van der Waals surface area contributed by atoms with Crippen molar-refractivity contribution in [2.24, 2.45) is 5.92 Å². The van der Waals surface area contributed by atoms with Gasteiger partial charge in [0.05, 0.1) is 5.92 Å². The zero-order valence-corrected chi connectivity index (χ0v) is 8.70. The average Bonchev–Trinajstić information content (AvgIpc) is 2.72. The predicted molar refractivity (Wildman–Crippen MR) is 56.4 cm³/mol. The Balaban J connectivity index is 2.19. The van der Waals surface area contributed by atoms with Crippen LogP contribution in [0.25, 0.3) is 0 Å². The molecule has 0 aromatic rings. The summed E-state index contributed by atoms with van der Waals surface area (Å²) >= 11 is 0. The number of rotatable bonds is 4. The number of nitrogens with one attached hydrogen (secondary N) is 1. The second kappa shape index (κ2) is 5.93. The van der Waals surface area contributed by atoms with E-state index in [-0.39, 0.29) is 11.8 Å². The van der Waals surface area contributed by atoms with Crippen LogP contribution < -0.4 is 5.32 Å². The number of hydrogen-bond acceptors (Lipinski definition) is 3. The molecular formula is C11H15N3O. The number of carbonyl (C=O) groups is 1. The first-order valence-corrected chi connectivity index (χ1v) is 5.13. The van der Waals surface area contributed by atoms with Gasteiger partial charge in [0, 0.05) is 26.1 Å². The first-order valence-electron chi connectivity index (χ1n) is 5.13. The van der Waals surface area contributed by atoms with Crippen molar-refractivity contribution >= 4 is 5.91 Å². The highest BCUT2D eigenvalue weighted by atomic mass is 16.1. The van der Waals surface area contributed by atoms with E-state index in [0.717, 1.165) is 12.8 Å². The van der Waals surface area contributed by atoms with Crippen LogP contribution in [-0.4, -0.2) is 30.4 Å². The van der Waals surface area contributed by atoms with Crippen LogP contribution in [0, 0.1) is 29.7 Å². The van der Waals surface area contributed by atoms with Crippen LogP contribution in [0.5, 0.6) is 0 Å². The molecule has 0 aromatic carbocycles. The molecule has 0 unspecified atom stereocenters. The van der Waals surface area contributed by atoms with E-state index in [1.807, 2.05) is 0 Å². The third-order valence-electron chi connectivity index (χ3n) is 2.50. The van der Waals surface area contributed by atoms with Gasteiger partial charge < -0.3 is 10.2 Å². The first kappa shape index (κ1) is 11.4. The van der Waals surface area contributed by atoms with Crippen LogP contribution in [0.15, 0.2) is 0 Å². The molecule has 1 aliphatic rings. The molecule has 80 valence electrons. The summed E-state index contributed by atoms with van der Waals surface area (Å²) in [6.45, 7) is 1.88. The maximum absolute atomic E-state index is 11.6. The highest BCUT2D eigenvalue weighted by Crippen LogP contribution is 2.14. The summed E-state index contributed by atoms with van der Waals surface area (Å²) in [5, 5.41) is 11.5. The Bertz CT molecular complexity index is 300. The Morgan fingerprint density at radius 1 is 1.67 bits per heavy atom. The molecule has 1 fully saturated rings. The van der Waals surface area contributed by atoms with Crippen molar-refractivity contribution in [2.45, 2.75) is 19.3 Å². The topological polar surface area (TPSA) is 56.1 Å². The van der Waals surface area contributed by atoms with Gasteiger partial charge in [0.25, 0.3) is 0 Å². The fraction of sp³-hybridized carbons (Fsp3) is 0.636. The zero-order chi connectivity index (χ0) is 11.1. The molecule has 1 rings (SSSR count). The smallest absolute Gasteiger partial charge is 0.224 e. The second-order valence-electron chi connectivity index (χ2n) is 3.63. The minimum atomic E-state index is -0.0320. The molecule has 1 N–H and O–H groups in total. The van der Waals surface area contributed by atoms with Crippen LogP contribution in [0.1, 0.15) is 19.3 Å². The summed E-state index contributed by atoms with van der Waals surface area (Å²) in [6.07, 6.45) is 9.43. The molecule has 1 saturated heterocycles. The molecule has 0 spiro atoms. The number of amides is 1. The molecule has 0 aliphatic carbocycles. The van der Waals surface area contributed by atoms with Crippen LogP contribution >= 0.6 is 0 Å². The number of unbranched alkanes of at least 4 members (excludes halogenated alkanes) is 1. The van der Waals surface area contributed by atoms with Gasteiger partial charge in [-0.3, -0.25) is 4.79 Å². The Hall–Kier alpha value is -1.68. The van der Waals surface area contributed by atoms with Crippen molar-refractivity contribution in [1.29, 1.82) is 5.26 Å². The standard InChI is InChI=1S/C11H15N3O/c1-2-3-4-6-13-11(15)10-5-7-14(8-10)9-12/h1,10H,3-8H2,(H,13,15)/t10-/m0/s1. The van der Waals surface area contributed by atoms with E-state index in [1.54, 1.807) is 4.90 Å². The fourth-order valence-corrected chi connectivity index (χ4v) is 1.61. The Labute approximate surface area is 90.2 Å². The lowest BCUT2D eigenvalue weighted by molar-refractivity contribution is -0.124. The second-order valence-corrected chi connectivity index (χ2v) is 3.63. The summed E-state index contributed by atoms with van der Waals surface area (Å²) in [5.41, 5.74) is 0. The quantitative estimate of drug-likeness (QED) is 0.408. The molecule has 0 bridgehead atoms. The molecule has 15 heavy (non-hydrogen) atoms. The van der Waals surface area contributed by atoms with Gasteiger partial charge >= 0.3 is 0 Å². The zero-order valence-electron chi connectivity index (χ0n) is 8.70. The van der Waals surface area contributed by atoms with Crippen molar-refractivity contribution in [3.05, 3.63) is 0 Å². The highest BCUT2D eigenvalue weighted by Gasteiger charge is 2.27. The third kappa shape index (κ3) is 3.52. The monoisotopic (exact) mass is 205 g/mol. The third-order valence-corrected chi connectivity index (χ3v) is 2.50. The summed E-state index contributed by atoms with van der Waals surface area (Å²) in [6, 6.07) is 0. The molecule has 0 saturated carbocycles. The Morgan fingerprint density at radius 2 is 2.47 bits per heavy atom. The molecule has 1 aliphatic heterocycles. The number of likely N-dealkylation sites (tertiary alicyclic amines) is 1. The predicted octanol–water partition coefficient (Wildman–Crippen LogP) is 0.319. The van der Waals surface area contributed by atoms with E-state index in [2.05, 4.69) is 17.4 Å². The van der Waals surface area contributed by atoms with Gasteiger partial charge in [0.1, 0.15) is 0 Å². The van der Waals surface area contributed by atoms with E-state index in [1.165, 1.54) is 0 Å². The largest absolute Gasteiger partial charge is 0.356 e. The van der Waals surface area contributed by atoms with Gasteiger partial charge in [-0.15, -0.1) is 12.3 Å². The molecule has 0 aromatic heterocycles. The number of hydrogen-bond donors (Lipinski definition) is 1. The van der Waals surface area contributed by atoms with Gasteiger partial charge in [0.2, 0.25) is 5.91 Å². The number of nitriles is 1. The molecule has 1 amide bonds. The lowest BCUT2D eigenvalue weighted by atomic mass is 10.1.